The molecular formula is C24H32F6O4. The summed E-state index contributed by atoms with van der Waals surface area (Å²) in [5, 5.41) is 9.96. The first-order valence-electron chi connectivity index (χ1n) is 12.0. The van der Waals surface area contributed by atoms with Gasteiger partial charge in [0.1, 0.15) is 12.2 Å². The quantitative estimate of drug-likeness (QED) is 0.283. The summed E-state index contributed by atoms with van der Waals surface area (Å²) in [6, 6.07) is 0. The third kappa shape index (κ3) is 3.78. The molecule has 0 spiro atoms. The van der Waals surface area contributed by atoms with Crippen molar-refractivity contribution in [1.29, 1.82) is 0 Å². The van der Waals surface area contributed by atoms with Crippen LogP contribution in [0.25, 0.3) is 0 Å². The molecule has 3 atom stereocenters. The SMILES string of the molecule is C=C(C)C(=O)OC1C2CC3CC1CC(C1(OC(C)C(O)(C(F)(F)F)C(F)(F)F)CCCC1)(C3)C2. The highest BCUT2D eigenvalue weighted by Crippen LogP contribution is 2.68. The van der Waals surface area contributed by atoms with Crippen molar-refractivity contribution in [1.82, 2.24) is 0 Å². The Bertz CT molecular complexity index is 798. The summed E-state index contributed by atoms with van der Waals surface area (Å²) in [5.41, 5.74) is -6.46. The van der Waals surface area contributed by atoms with Crippen molar-refractivity contribution in [2.45, 2.75) is 107 Å². The monoisotopic (exact) mass is 498 g/mol. The molecule has 0 aromatic carbocycles. The molecule has 10 heteroatoms. The van der Waals surface area contributed by atoms with Gasteiger partial charge >= 0.3 is 18.3 Å². The Kier molecular flexibility index (Phi) is 6.16. The normalized spacial score (nSPS) is 35.9. The summed E-state index contributed by atoms with van der Waals surface area (Å²) in [6.45, 7) is 5.86. The summed E-state index contributed by atoms with van der Waals surface area (Å²) < 4.78 is 92.8. The summed E-state index contributed by atoms with van der Waals surface area (Å²) in [5.74, 6) is -0.254. The lowest BCUT2D eigenvalue weighted by Gasteiger charge is -2.65. The van der Waals surface area contributed by atoms with Crippen LogP contribution in [-0.2, 0) is 14.3 Å². The zero-order valence-corrected chi connectivity index (χ0v) is 19.4. The molecule has 0 radical (unpaired) electrons. The minimum absolute atomic E-state index is 0.0185. The molecule has 3 unspecified atom stereocenters. The summed E-state index contributed by atoms with van der Waals surface area (Å²) >= 11 is 0. The molecule has 194 valence electrons. The van der Waals surface area contributed by atoms with E-state index in [1.807, 2.05) is 0 Å². The second kappa shape index (κ2) is 8.11. The number of hydrogen-bond donors (Lipinski definition) is 1. The first-order valence-corrected chi connectivity index (χ1v) is 12.0. The van der Waals surface area contributed by atoms with Crippen LogP contribution in [0, 0.1) is 23.2 Å². The van der Waals surface area contributed by atoms with Crippen LogP contribution >= 0.6 is 0 Å². The van der Waals surface area contributed by atoms with Gasteiger partial charge in [0, 0.05) is 11.0 Å². The molecular weight excluding hydrogens is 466 g/mol. The fourth-order valence-corrected chi connectivity index (χ4v) is 7.72. The van der Waals surface area contributed by atoms with Gasteiger partial charge in [-0.1, -0.05) is 19.4 Å². The summed E-state index contributed by atoms with van der Waals surface area (Å²) in [4.78, 5) is 12.2. The molecule has 5 aliphatic carbocycles. The van der Waals surface area contributed by atoms with Crippen molar-refractivity contribution in [3.05, 3.63) is 12.2 Å². The molecule has 0 aromatic rings. The summed E-state index contributed by atoms with van der Waals surface area (Å²) in [7, 11) is 0. The highest BCUT2D eigenvalue weighted by Gasteiger charge is 2.75. The van der Waals surface area contributed by atoms with Gasteiger partial charge in [0.15, 0.2) is 0 Å². The number of ether oxygens (including phenoxy) is 2. The van der Waals surface area contributed by atoms with E-state index in [-0.39, 0.29) is 29.4 Å². The average molecular weight is 499 g/mol. The van der Waals surface area contributed by atoms with Crippen molar-refractivity contribution in [2.24, 2.45) is 23.2 Å². The Morgan fingerprint density at radius 1 is 1.00 bits per heavy atom. The highest BCUT2D eigenvalue weighted by molar-refractivity contribution is 5.87. The van der Waals surface area contributed by atoms with Crippen LogP contribution in [-0.4, -0.2) is 46.8 Å². The van der Waals surface area contributed by atoms with Crippen LogP contribution in [0.2, 0.25) is 0 Å². The van der Waals surface area contributed by atoms with Gasteiger partial charge in [0.2, 0.25) is 0 Å². The largest absolute Gasteiger partial charge is 0.458 e. The number of hydrogen-bond acceptors (Lipinski definition) is 4. The number of alkyl halides is 6. The number of carbonyl (C=O) groups excluding carboxylic acids is 1. The maximum atomic E-state index is 13.5. The van der Waals surface area contributed by atoms with Crippen LogP contribution in [0.3, 0.4) is 0 Å². The number of aliphatic hydroxyl groups is 1. The number of halogens is 6. The van der Waals surface area contributed by atoms with Gasteiger partial charge in [-0.3, -0.25) is 0 Å². The lowest BCUT2D eigenvalue weighted by Crippen LogP contribution is -2.68. The molecule has 5 rings (SSSR count). The van der Waals surface area contributed by atoms with E-state index in [1.165, 1.54) is 0 Å². The van der Waals surface area contributed by atoms with Crippen molar-refractivity contribution < 1.29 is 45.7 Å². The zero-order chi connectivity index (χ0) is 25.3. The molecule has 0 heterocycles. The molecule has 1 N–H and O–H groups in total. The van der Waals surface area contributed by atoms with Gasteiger partial charge in [-0.2, -0.15) is 26.3 Å². The van der Waals surface area contributed by atoms with E-state index in [9.17, 15) is 36.2 Å². The second-order valence-electron chi connectivity index (χ2n) is 11.1. The molecule has 0 aliphatic heterocycles. The molecule has 0 saturated heterocycles. The van der Waals surface area contributed by atoms with Crippen LogP contribution < -0.4 is 0 Å². The Hall–Kier alpha value is -1.29. The van der Waals surface area contributed by atoms with E-state index >= 15 is 0 Å². The Morgan fingerprint density at radius 3 is 1.94 bits per heavy atom. The maximum Gasteiger partial charge on any atom is 0.428 e. The fraction of sp³-hybridized carbons (Fsp3) is 0.875. The minimum Gasteiger partial charge on any atom is -0.458 e. The van der Waals surface area contributed by atoms with Crippen LogP contribution in [0.5, 0.6) is 0 Å². The topological polar surface area (TPSA) is 55.8 Å². The van der Waals surface area contributed by atoms with Gasteiger partial charge in [-0.05, 0) is 76.5 Å². The highest BCUT2D eigenvalue weighted by atomic mass is 19.4. The number of rotatable bonds is 6. The molecule has 5 fully saturated rings. The number of carbonyl (C=O) groups is 1. The van der Waals surface area contributed by atoms with Gasteiger partial charge < -0.3 is 14.6 Å². The third-order valence-corrected chi connectivity index (χ3v) is 9.01. The second-order valence-corrected chi connectivity index (χ2v) is 11.1. The standard InChI is InChI=1S/C24H32F6O4/c1-13(2)19(31)33-18-16-8-15-9-17(18)12-20(10-15,11-16)21(6-4-5-7-21)34-14(3)22(32,23(25,26)27)24(28,29)30/h14-18,32H,1,4-12H2,2-3H3. The maximum absolute atomic E-state index is 13.5. The molecule has 4 nitrogen and oxygen atoms in total. The van der Waals surface area contributed by atoms with Gasteiger partial charge in [0.05, 0.1) is 5.60 Å². The van der Waals surface area contributed by atoms with Crippen molar-refractivity contribution in [3.63, 3.8) is 0 Å². The van der Waals surface area contributed by atoms with Crippen molar-refractivity contribution in [2.75, 3.05) is 0 Å². The fourth-order valence-electron chi connectivity index (χ4n) is 7.72. The predicted molar refractivity (Wildman–Crippen MR) is 109 cm³/mol. The van der Waals surface area contributed by atoms with E-state index in [1.54, 1.807) is 6.92 Å². The molecule has 5 saturated carbocycles. The predicted octanol–water partition coefficient (Wildman–Crippen LogP) is 5.87. The van der Waals surface area contributed by atoms with Crippen LogP contribution in [0.1, 0.15) is 71.6 Å². The lowest BCUT2D eigenvalue weighted by atomic mass is 9.44. The lowest BCUT2D eigenvalue weighted by molar-refractivity contribution is -0.404. The van der Waals surface area contributed by atoms with E-state index < -0.39 is 41.0 Å². The Labute approximate surface area is 195 Å². The van der Waals surface area contributed by atoms with Crippen LogP contribution in [0.4, 0.5) is 26.3 Å². The van der Waals surface area contributed by atoms with E-state index in [2.05, 4.69) is 6.58 Å². The smallest absolute Gasteiger partial charge is 0.428 e. The first kappa shape index (κ1) is 25.8. The summed E-state index contributed by atoms with van der Waals surface area (Å²) in [6.07, 6.45) is -9.39. The number of esters is 1. The molecule has 5 aliphatic rings. The average Bonchev–Trinajstić information content (AvgIpc) is 3.17. The van der Waals surface area contributed by atoms with Crippen LogP contribution in [0.15, 0.2) is 12.2 Å². The van der Waals surface area contributed by atoms with Crippen molar-refractivity contribution >= 4 is 5.97 Å². The van der Waals surface area contributed by atoms with Gasteiger partial charge in [0.25, 0.3) is 5.60 Å². The Balaban J connectivity index is 1.64. The molecule has 34 heavy (non-hydrogen) atoms. The van der Waals surface area contributed by atoms with E-state index in [0.29, 0.717) is 51.9 Å². The van der Waals surface area contributed by atoms with Gasteiger partial charge in [-0.15, -0.1) is 0 Å². The van der Waals surface area contributed by atoms with E-state index in [0.717, 1.165) is 12.8 Å². The third-order valence-electron chi connectivity index (χ3n) is 9.01. The minimum atomic E-state index is -5.94. The van der Waals surface area contributed by atoms with Crippen molar-refractivity contribution in [3.8, 4) is 0 Å². The zero-order valence-electron chi connectivity index (χ0n) is 19.4. The first-order chi connectivity index (χ1) is 15.6. The molecule has 4 bridgehead atoms. The van der Waals surface area contributed by atoms with Gasteiger partial charge in [-0.25, -0.2) is 4.79 Å². The molecule has 0 amide bonds. The Morgan fingerprint density at radius 2 is 1.50 bits per heavy atom. The van der Waals surface area contributed by atoms with E-state index in [4.69, 9.17) is 9.47 Å². The molecule has 0 aromatic heterocycles.